The van der Waals surface area contributed by atoms with E-state index >= 15 is 0 Å². The second-order valence-electron chi connectivity index (χ2n) is 9.24. The fraction of sp³-hybridized carbons (Fsp3) is 0.125. The van der Waals surface area contributed by atoms with Crippen LogP contribution in [0.3, 0.4) is 0 Å². The molecule has 0 fully saturated rings. The molecule has 0 unspecified atom stereocenters. The molecule has 2 heterocycles. The van der Waals surface area contributed by atoms with Crippen molar-refractivity contribution in [2.45, 2.75) is 13.5 Å². The van der Waals surface area contributed by atoms with Crippen LogP contribution in [-0.2, 0) is 16.1 Å². The maximum Gasteiger partial charge on any atom is 0.271 e. The third-order valence-electron chi connectivity index (χ3n) is 6.83. The van der Waals surface area contributed by atoms with Gasteiger partial charge >= 0.3 is 0 Å². The Morgan fingerprint density at radius 2 is 1.66 bits per heavy atom. The summed E-state index contributed by atoms with van der Waals surface area (Å²) in [6.45, 7) is 1.53. The summed E-state index contributed by atoms with van der Waals surface area (Å²) in [6.07, 6.45) is 3.47. The van der Waals surface area contributed by atoms with Crippen LogP contribution in [0.2, 0.25) is 5.02 Å². The van der Waals surface area contributed by atoms with Gasteiger partial charge in [0.2, 0.25) is 0 Å². The van der Waals surface area contributed by atoms with Gasteiger partial charge in [0, 0.05) is 27.9 Å². The molecule has 0 saturated carbocycles. The molecule has 2 amide bonds. The van der Waals surface area contributed by atoms with Crippen LogP contribution in [-0.4, -0.2) is 40.7 Å². The van der Waals surface area contributed by atoms with Gasteiger partial charge < -0.3 is 9.47 Å². The monoisotopic (exact) mass is 564 g/mol. The summed E-state index contributed by atoms with van der Waals surface area (Å²) in [7, 11) is 3.11. The topological polar surface area (TPSA) is 97.5 Å². The molecule has 8 nitrogen and oxygen atoms in total. The van der Waals surface area contributed by atoms with Crippen LogP contribution < -0.4 is 9.47 Å². The lowest BCUT2D eigenvalue weighted by Gasteiger charge is -2.27. The zero-order valence-corrected chi connectivity index (χ0v) is 23.3. The molecule has 0 spiro atoms. The quantitative estimate of drug-likeness (QED) is 0.202. The van der Waals surface area contributed by atoms with Gasteiger partial charge in [-0.3, -0.25) is 14.5 Å². The molecule has 0 saturated heterocycles. The fourth-order valence-electron chi connectivity index (χ4n) is 4.64. The number of halogens is 1. The number of nitrogens with zero attached hydrogens (tertiary/aromatic N) is 4. The fourth-order valence-corrected chi connectivity index (χ4v) is 4.84. The Hall–Kier alpha value is -5.13. The average Bonchev–Trinajstić information content (AvgIpc) is 3.42. The number of hydrogen-bond donors (Lipinski definition) is 0. The average molecular weight is 565 g/mol. The molecule has 3 aromatic carbocycles. The van der Waals surface area contributed by atoms with Crippen LogP contribution in [0.4, 0.5) is 0 Å². The number of benzene rings is 3. The highest BCUT2D eigenvalue weighted by molar-refractivity contribution is 6.31. The first-order chi connectivity index (χ1) is 19.9. The number of nitriles is 1. The summed E-state index contributed by atoms with van der Waals surface area (Å²) in [5, 5.41) is 15.1. The highest BCUT2D eigenvalue weighted by Gasteiger charge is 2.36. The molecule has 0 N–H and O–H groups in total. The summed E-state index contributed by atoms with van der Waals surface area (Å²) in [5.74, 6) is -0.109. The number of carbonyl (C=O) groups excluding carboxylic acids is 2. The predicted octanol–water partition coefficient (Wildman–Crippen LogP) is 6.00. The van der Waals surface area contributed by atoms with Crippen molar-refractivity contribution in [3.63, 3.8) is 0 Å². The van der Waals surface area contributed by atoms with E-state index in [2.05, 4.69) is 0 Å². The van der Waals surface area contributed by atoms with Crippen molar-refractivity contribution in [1.82, 2.24) is 14.7 Å². The highest BCUT2D eigenvalue weighted by atomic mass is 35.5. The molecular weight excluding hydrogens is 540 g/mol. The number of imide groups is 1. The third-order valence-corrected chi connectivity index (χ3v) is 7.20. The minimum Gasteiger partial charge on any atom is -0.493 e. The Morgan fingerprint density at radius 3 is 2.34 bits per heavy atom. The van der Waals surface area contributed by atoms with Crippen molar-refractivity contribution < 1.29 is 19.1 Å². The van der Waals surface area contributed by atoms with E-state index in [0.717, 1.165) is 16.2 Å². The van der Waals surface area contributed by atoms with Gasteiger partial charge in [-0.1, -0.05) is 48.0 Å². The summed E-state index contributed by atoms with van der Waals surface area (Å²) < 4.78 is 12.6. The SMILES string of the molecule is COc1ccc(-c2nn(-c3ccccc3)cc2/C=C2/C(=O)N(Cc3ccccc3Cl)C(=O)C(C#N)=C2C)cc1OC. The van der Waals surface area contributed by atoms with Crippen LogP contribution in [0.15, 0.2) is 95.7 Å². The van der Waals surface area contributed by atoms with Crippen molar-refractivity contribution in [3.8, 4) is 34.5 Å². The number of methoxy groups -OCH3 is 2. The normalized spacial score (nSPS) is 14.4. The highest BCUT2D eigenvalue weighted by Crippen LogP contribution is 2.36. The van der Waals surface area contributed by atoms with Gasteiger partial charge in [0.05, 0.1) is 26.5 Å². The molecule has 41 heavy (non-hydrogen) atoms. The van der Waals surface area contributed by atoms with Gasteiger partial charge in [-0.2, -0.15) is 10.4 Å². The summed E-state index contributed by atoms with van der Waals surface area (Å²) >= 11 is 6.33. The van der Waals surface area contributed by atoms with Gasteiger partial charge in [-0.25, -0.2) is 4.68 Å². The van der Waals surface area contributed by atoms with Crippen molar-refractivity contribution in [2.24, 2.45) is 0 Å². The van der Waals surface area contributed by atoms with Gasteiger partial charge in [-0.05, 0) is 60.5 Å². The summed E-state index contributed by atoms with van der Waals surface area (Å²) in [5.41, 5.74) is 3.70. The molecule has 204 valence electrons. The maximum absolute atomic E-state index is 13.8. The Morgan fingerprint density at radius 1 is 0.951 bits per heavy atom. The first-order valence-electron chi connectivity index (χ1n) is 12.7. The van der Waals surface area contributed by atoms with Gasteiger partial charge in [0.1, 0.15) is 17.3 Å². The van der Waals surface area contributed by atoms with E-state index in [0.29, 0.717) is 38.9 Å². The Balaban J connectivity index is 1.67. The molecule has 0 bridgehead atoms. The lowest BCUT2D eigenvalue weighted by atomic mass is 9.93. The number of rotatable bonds is 7. The molecule has 1 aliphatic rings. The van der Waals surface area contributed by atoms with Crippen molar-refractivity contribution in [1.29, 1.82) is 5.26 Å². The first kappa shape index (κ1) is 27.4. The standard InChI is InChI=1S/C32H25ClN4O4/c1-20-25(31(38)36(32(39)26(20)17-34)18-22-9-7-8-12-27(22)33)15-23-19-37(24-10-5-4-6-11-24)35-30(23)21-13-14-28(40-2)29(16-21)41-3/h4-16,19H,18H2,1-3H3/b25-15+. The van der Waals surface area contributed by atoms with Crippen LogP contribution >= 0.6 is 11.6 Å². The van der Waals surface area contributed by atoms with E-state index in [1.54, 1.807) is 74.5 Å². The Kier molecular flexibility index (Phi) is 7.72. The van der Waals surface area contributed by atoms with E-state index in [4.69, 9.17) is 26.2 Å². The molecular formula is C32H25ClN4O4. The zero-order chi connectivity index (χ0) is 29.1. The van der Waals surface area contributed by atoms with E-state index in [-0.39, 0.29) is 17.7 Å². The third kappa shape index (κ3) is 5.23. The van der Waals surface area contributed by atoms with Crippen molar-refractivity contribution in [3.05, 3.63) is 112 Å². The van der Waals surface area contributed by atoms with Crippen LogP contribution in [0.5, 0.6) is 11.5 Å². The number of aromatic nitrogens is 2. The lowest BCUT2D eigenvalue weighted by molar-refractivity contribution is -0.141. The first-order valence-corrected chi connectivity index (χ1v) is 13.0. The molecule has 5 rings (SSSR count). The lowest BCUT2D eigenvalue weighted by Crippen LogP contribution is -2.42. The molecule has 0 radical (unpaired) electrons. The van der Waals surface area contributed by atoms with Crippen molar-refractivity contribution >= 4 is 29.5 Å². The minimum atomic E-state index is -0.660. The zero-order valence-electron chi connectivity index (χ0n) is 22.6. The Bertz CT molecular complexity index is 1770. The van der Waals surface area contributed by atoms with E-state index in [9.17, 15) is 14.9 Å². The second kappa shape index (κ2) is 11.5. The number of ether oxygens (including phenoxy) is 2. The molecule has 0 atom stereocenters. The predicted molar refractivity (Wildman–Crippen MR) is 155 cm³/mol. The molecule has 0 aliphatic carbocycles. The van der Waals surface area contributed by atoms with Crippen molar-refractivity contribution in [2.75, 3.05) is 14.2 Å². The minimum absolute atomic E-state index is 0.0705. The van der Waals surface area contributed by atoms with E-state index < -0.39 is 11.8 Å². The van der Waals surface area contributed by atoms with Gasteiger partial charge in [0.25, 0.3) is 11.8 Å². The smallest absolute Gasteiger partial charge is 0.271 e. The number of carbonyl (C=O) groups is 2. The van der Waals surface area contributed by atoms with Gasteiger partial charge in [0.15, 0.2) is 11.5 Å². The molecule has 9 heteroatoms. The molecule has 1 aromatic heterocycles. The summed E-state index contributed by atoms with van der Waals surface area (Å²) in [4.78, 5) is 28.1. The van der Waals surface area contributed by atoms with Crippen LogP contribution in [0.25, 0.3) is 23.0 Å². The molecule has 4 aromatic rings. The largest absolute Gasteiger partial charge is 0.493 e. The Labute approximate surface area is 242 Å². The second-order valence-corrected chi connectivity index (χ2v) is 9.65. The number of amides is 2. The van der Waals surface area contributed by atoms with Crippen LogP contribution in [0.1, 0.15) is 18.1 Å². The number of hydrogen-bond acceptors (Lipinski definition) is 6. The number of para-hydroxylation sites is 1. The maximum atomic E-state index is 13.8. The molecule has 1 aliphatic heterocycles. The summed E-state index contributed by atoms with van der Waals surface area (Å²) in [6, 6.07) is 23.9. The van der Waals surface area contributed by atoms with Gasteiger partial charge in [-0.15, -0.1) is 0 Å². The van der Waals surface area contributed by atoms with E-state index in [1.807, 2.05) is 42.5 Å². The van der Waals surface area contributed by atoms with Crippen LogP contribution in [0, 0.1) is 11.3 Å². The van der Waals surface area contributed by atoms with E-state index in [1.165, 1.54) is 0 Å².